The highest BCUT2D eigenvalue weighted by Gasteiger charge is 2.43. The van der Waals surface area contributed by atoms with Crippen molar-refractivity contribution in [2.24, 2.45) is 0 Å². The summed E-state index contributed by atoms with van der Waals surface area (Å²) in [5.41, 5.74) is 0.833. The Balaban J connectivity index is 1.68. The molecule has 30 heavy (non-hydrogen) atoms. The first kappa shape index (κ1) is 22.6. The summed E-state index contributed by atoms with van der Waals surface area (Å²) in [4.78, 5) is 12.0. The largest absolute Gasteiger partial charge is 0.508 e. The summed E-state index contributed by atoms with van der Waals surface area (Å²) in [6, 6.07) is 1.45. The van der Waals surface area contributed by atoms with Crippen LogP contribution in [0.1, 0.15) is 74.9 Å². The van der Waals surface area contributed by atoms with E-state index in [1.807, 2.05) is 13.8 Å². The molecule has 3 atom stereocenters. The summed E-state index contributed by atoms with van der Waals surface area (Å²) in [6.07, 6.45) is 3.13. The molecule has 3 unspecified atom stereocenters. The summed E-state index contributed by atoms with van der Waals surface area (Å²) in [5, 5.41) is 43.6. The maximum absolute atomic E-state index is 12.0. The number of allylic oxidation sites excluding steroid dienone is 2. The van der Waals surface area contributed by atoms with Crippen LogP contribution in [0, 0.1) is 0 Å². The van der Waals surface area contributed by atoms with Crippen molar-refractivity contribution in [1.82, 2.24) is 5.32 Å². The predicted molar refractivity (Wildman–Crippen MR) is 113 cm³/mol. The summed E-state index contributed by atoms with van der Waals surface area (Å²) >= 11 is 0. The van der Waals surface area contributed by atoms with Gasteiger partial charge in [-0.1, -0.05) is 11.6 Å². The lowest BCUT2D eigenvalue weighted by atomic mass is 9.84. The molecule has 0 radical (unpaired) electrons. The van der Waals surface area contributed by atoms with Gasteiger partial charge in [0.05, 0.1) is 23.4 Å². The van der Waals surface area contributed by atoms with Crippen molar-refractivity contribution in [2.45, 2.75) is 89.8 Å². The van der Waals surface area contributed by atoms with Crippen molar-refractivity contribution in [3.8, 4) is 11.5 Å². The Labute approximate surface area is 177 Å². The topological polar surface area (TPSA) is 119 Å². The molecule has 7 nitrogen and oxygen atoms in total. The highest BCUT2D eigenvalue weighted by atomic mass is 16.5. The third kappa shape index (κ3) is 4.48. The van der Waals surface area contributed by atoms with Crippen LogP contribution in [-0.2, 0) is 13.0 Å². The zero-order valence-corrected chi connectivity index (χ0v) is 18.2. The summed E-state index contributed by atoms with van der Waals surface area (Å²) in [6.45, 7) is 7.37. The van der Waals surface area contributed by atoms with Gasteiger partial charge in [-0.25, -0.2) is 0 Å². The molecule has 0 bridgehead atoms. The minimum atomic E-state index is -1.12. The Morgan fingerprint density at radius 1 is 1.43 bits per heavy atom. The van der Waals surface area contributed by atoms with Crippen molar-refractivity contribution >= 4 is 5.91 Å². The van der Waals surface area contributed by atoms with E-state index in [-0.39, 0.29) is 18.1 Å². The van der Waals surface area contributed by atoms with Gasteiger partial charge >= 0.3 is 0 Å². The number of aliphatic hydroxyl groups is 3. The molecule has 0 aliphatic carbocycles. The molecule has 5 N–H and O–H groups in total. The van der Waals surface area contributed by atoms with Crippen LogP contribution in [0.15, 0.2) is 17.7 Å². The maximum atomic E-state index is 12.0. The molecule has 1 aromatic rings. The van der Waals surface area contributed by atoms with Crippen LogP contribution >= 0.6 is 0 Å². The number of benzene rings is 1. The standard InChI is InChI=1S/C23H33NO6/c1-13(7-8-18(26)22(2,3)29)6-5-9-23(4)19(27)11-15-17(25)10-14-16(20(15)30-23)12-24-21(14)28/h6,10,18-19,25-27,29H,5,7-9,11-12H2,1-4H3,(H,24,28)/b13-6+. The molecule has 0 aromatic heterocycles. The lowest BCUT2D eigenvalue weighted by Crippen LogP contribution is -2.49. The minimum Gasteiger partial charge on any atom is -0.508 e. The summed E-state index contributed by atoms with van der Waals surface area (Å²) in [5.74, 6) is 0.250. The average molecular weight is 420 g/mol. The maximum Gasteiger partial charge on any atom is 0.252 e. The smallest absolute Gasteiger partial charge is 0.252 e. The SMILES string of the molecule is C/C(=C\CCC1(C)Oc2c(c(O)cc3c2CNC3=O)CC1O)CCC(O)C(C)(C)O. The van der Waals surface area contributed by atoms with E-state index in [4.69, 9.17) is 4.74 Å². The molecule has 2 aliphatic heterocycles. The molecule has 2 aliphatic rings. The zero-order valence-electron chi connectivity index (χ0n) is 18.2. The molecule has 0 spiro atoms. The fourth-order valence-electron chi connectivity index (χ4n) is 4.05. The van der Waals surface area contributed by atoms with E-state index in [0.717, 1.165) is 11.1 Å². The van der Waals surface area contributed by atoms with E-state index in [0.29, 0.717) is 49.1 Å². The minimum absolute atomic E-state index is 0.0250. The Morgan fingerprint density at radius 2 is 2.13 bits per heavy atom. The Hall–Kier alpha value is -2.09. The van der Waals surface area contributed by atoms with Crippen molar-refractivity contribution in [3.63, 3.8) is 0 Å². The number of phenols is 1. The van der Waals surface area contributed by atoms with Gasteiger partial charge in [-0.2, -0.15) is 0 Å². The van der Waals surface area contributed by atoms with Crippen LogP contribution in [0.2, 0.25) is 0 Å². The van der Waals surface area contributed by atoms with Gasteiger partial charge in [0, 0.05) is 24.1 Å². The first-order chi connectivity index (χ1) is 13.9. The molecule has 3 rings (SSSR count). The van der Waals surface area contributed by atoms with Gasteiger partial charge in [0.15, 0.2) is 0 Å². The van der Waals surface area contributed by atoms with E-state index in [9.17, 15) is 25.2 Å². The molecular weight excluding hydrogens is 386 g/mol. The van der Waals surface area contributed by atoms with Gasteiger partial charge in [-0.3, -0.25) is 4.79 Å². The van der Waals surface area contributed by atoms with Crippen LogP contribution in [0.4, 0.5) is 0 Å². The van der Waals surface area contributed by atoms with Crippen LogP contribution in [0.3, 0.4) is 0 Å². The van der Waals surface area contributed by atoms with Gasteiger partial charge in [0.25, 0.3) is 5.91 Å². The van der Waals surface area contributed by atoms with Crippen LogP contribution < -0.4 is 10.1 Å². The van der Waals surface area contributed by atoms with E-state index in [1.54, 1.807) is 13.8 Å². The van der Waals surface area contributed by atoms with Crippen molar-refractivity contribution in [2.75, 3.05) is 0 Å². The van der Waals surface area contributed by atoms with Crippen LogP contribution in [0.5, 0.6) is 11.5 Å². The monoisotopic (exact) mass is 419 g/mol. The molecule has 7 heteroatoms. The first-order valence-corrected chi connectivity index (χ1v) is 10.5. The molecule has 1 amide bonds. The number of carbonyl (C=O) groups excluding carboxylic acids is 1. The number of amides is 1. The lowest BCUT2D eigenvalue weighted by molar-refractivity contribution is -0.0598. The third-order valence-corrected chi connectivity index (χ3v) is 6.33. The molecule has 166 valence electrons. The lowest BCUT2D eigenvalue weighted by Gasteiger charge is -2.40. The van der Waals surface area contributed by atoms with Gasteiger partial charge in [-0.05, 0) is 59.4 Å². The quantitative estimate of drug-likeness (QED) is 0.433. The number of rotatable bonds is 7. The van der Waals surface area contributed by atoms with Crippen molar-refractivity contribution < 1.29 is 30.0 Å². The Bertz CT molecular complexity index is 856. The Kier molecular flexibility index (Phi) is 6.18. The fourth-order valence-corrected chi connectivity index (χ4v) is 4.05. The predicted octanol–water partition coefficient (Wildman–Crippen LogP) is 2.33. The number of carbonyl (C=O) groups is 1. The molecule has 1 aromatic carbocycles. The number of ether oxygens (including phenoxy) is 1. The third-order valence-electron chi connectivity index (χ3n) is 6.33. The van der Waals surface area contributed by atoms with Gasteiger partial charge in [-0.15, -0.1) is 0 Å². The van der Waals surface area contributed by atoms with E-state index >= 15 is 0 Å². The average Bonchev–Trinajstić information content (AvgIpc) is 3.01. The van der Waals surface area contributed by atoms with Gasteiger partial charge in [0.2, 0.25) is 0 Å². The van der Waals surface area contributed by atoms with Crippen LogP contribution in [-0.4, -0.2) is 49.7 Å². The molecule has 0 fully saturated rings. The number of aromatic hydroxyl groups is 1. The van der Waals surface area contributed by atoms with Gasteiger partial charge in [0.1, 0.15) is 17.1 Å². The van der Waals surface area contributed by atoms with E-state index < -0.39 is 23.4 Å². The number of hydrogen-bond acceptors (Lipinski definition) is 6. The fraction of sp³-hybridized carbons (Fsp3) is 0.609. The number of aliphatic hydroxyl groups excluding tert-OH is 2. The van der Waals surface area contributed by atoms with Gasteiger partial charge < -0.3 is 30.5 Å². The molecule has 0 saturated carbocycles. The number of nitrogens with one attached hydrogen (secondary N) is 1. The number of phenolic OH excluding ortho intramolecular Hbond substituents is 1. The Morgan fingerprint density at radius 3 is 2.80 bits per heavy atom. The van der Waals surface area contributed by atoms with E-state index in [2.05, 4.69) is 11.4 Å². The molecular formula is C23H33NO6. The molecule has 0 saturated heterocycles. The second-order valence-electron chi connectivity index (χ2n) is 9.34. The number of hydrogen-bond donors (Lipinski definition) is 5. The second-order valence-corrected chi connectivity index (χ2v) is 9.34. The zero-order chi connectivity index (χ0) is 22.3. The highest BCUT2D eigenvalue weighted by molar-refractivity contribution is 6.00. The van der Waals surface area contributed by atoms with Crippen molar-refractivity contribution in [1.29, 1.82) is 0 Å². The first-order valence-electron chi connectivity index (χ1n) is 10.5. The molecule has 2 heterocycles. The number of fused-ring (bicyclic) bond motifs is 3. The van der Waals surface area contributed by atoms with Crippen LogP contribution in [0.25, 0.3) is 0 Å². The summed E-state index contributed by atoms with van der Waals surface area (Å²) < 4.78 is 6.22. The van der Waals surface area contributed by atoms with Crippen molar-refractivity contribution in [3.05, 3.63) is 34.4 Å². The van der Waals surface area contributed by atoms with E-state index in [1.165, 1.54) is 6.07 Å². The normalized spacial score (nSPS) is 24.7. The highest BCUT2D eigenvalue weighted by Crippen LogP contribution is 2.45. The second kappa shape index (κ2) is 8.21. The summed E-state index contributed by atoms with van der Waals surface area (Å²) in [7, 11) is 0.